The van der Waals surface area contributed by atoms with Gasteiger partial charge in [0, 0.05) is 23.5 Å². The lowest BCUT2D eigenvalue weighted by atomic mass is 10.2. The molecule has 21 heavy (non-hydrogen) atoms. The van der Waals surface area contributed by atoms with Crippen molar-refractivity contribution in [3.63, 3.8) is 0 Å². The third-order valence-electron chi connectivity index (χ3n) is 2.80. The Bertz CT molecular complexity index is 774. The van der Waals surface area contributed by atoms with Crippen LogP contribution in [0.25, 0.3) is 0 Å². The summed E-state index contributed by atoms with van der Waals surface area (Å²) in [6.07, 6.45) is 2.88. The molecular weight excluding hydrogens is 320 g/mol. The Morgan fingerprint density at radius 3 is 2.76 bits per heavy atom. The maximum absolute atomic E-state index is 12.1. The quantitative estimate of drug-likeness (QED) is 0.639. The molecule has 112 valence electrons. The number of halogens is 1. The van der Waals surface area contributed by atoms with Gasteiger partial charge in [0.25, 0.3) is 5.69 Å². The molecule has 0 amide bonds. The summed E-state index contributed by atoms with van der Waals surface area (Å²) in [5.74, 6) is 0. The number of benzene rings is 1. The van der Waals surface area contributed by atoms with Gasteiger partial charge in [-0.25, -0.2) is 18.1 Å². The van der Waals surface area contributed by atoms with Crippen LogP contribution in [0, 0.1) is 17.0 Å². The van der Waals surface area contributed by atoms with Gasteiger partial charge in [-0.3, -0.25) is 10.1 Å². The van der Waals surface area contributed by atoms with Crippen molar-refractivity contribution in [2.75, 3.05) is 0 Å². The van der Waals surface area contributed by atoms with E-state index in [1.807, 2.05) is 0 Å². The van der Waals surface area contributed by atoms with Gasteiger partial charge in [0.05, 0.1) is 27.7 Å². The second-order valence-electron chi connectivity index (χ2n) is 4.21. The molecule has 0 aliphatic heterocycles. The van der Waals surface area contributed by atoms with E-state index >= 15 is 0 Å². The van der Waals surface area contributed by atoms with Crippen LogP contribution in [0.2, 0.25) is 5.02 Å². The molecule has 1 heterocycles. The van der Waals surface area contributed by atoms with E-state index in [0.29, 0.717) is 5.69 Å². The van der Waals surface area contributed by atoms with Gasteiger partial charge in [-0.2, -0.15) is 0 Å². The Labute approximate surface area is 125 Å². The Morgan fingerprint density at radius 2 is 2.19 bits per heavy atom. The topological polar surface area (TPSA) is 118 Å². The van der Waals surface area contributed by atoms with Crippen LogP contribution in [0.4, 0.5) is 5.69 Å². The Hall–Kier alpha value is -1.97. The zero-order valence-electron chi connectivity index (χ0n) is 10.8. The molecule has 2 rings (SSSR count). The molecule has 0 fully saturated rings. The number of sulfonamides is 1. The molecule has 0 saturated heterocycles. The van der Waals surface area contributed by atoms with Crippen molar-refractivity contribution in [1.29, 1.82) is 0 Å². The second kappa shape index (κ2) is 5.80. The summed E-state index contributed by atoms with van der Waals surface area (Å²) in [4.78, 5) is 16.5. The highest BCUT2D eigenvalue weighted by atomic mass is 35.5. The van der Waals surface area contributed by atoms with Gasteiger partial charge in [-0.15, -0.1) is 0 Å². The van der Waals surface area contributed by atoms with E-state index in [9.17, 15) is 18.5 Å². The number of imidazole rings is 1. The second-order valence-corrected chi connectivity index (χ2v) is 6.38. The predicted octanol–water partition coefficient (Wildman–Crippen LogP) is 1.76. The molecule has 0 saturated carbocycles. The number of hydrogen-bond donors (Lipinski definition) is 2. The molecule has 0 aliphatic rings. The Balaban J connectivity index is 2.33. The summed E-state index contributed by atoms with van der Waals surface area (Å²) < 4.78 is 26.6. The molecule has 0 radical (unpaired) electrons. The maximum atomic E-state index is 12.1. The summed E-state index contributed by atoms with van der Waals surface area (Å²) in [5.41, 5.74) is 0.435. The Morgan fingerprint density at radius 1 is 1.48 bits per heavy atom. The lowest BCUT2D eigenvalue weighted by Gasteiger charge is -2.08. The van der Waals surface area contributed by atoms with Gasteiger partial charge < -0.3 is 4.98 Å². The summed E-state index contributed by atoms with van der Waals surface area (Å²) in [6, 6.07) is 2.16. The van der Waals surface area contributed by atoms with E-state index in [0.717, 1.165) is 6.07 Å². The molecule has 1 aromatic heterocycles. The molecule has 2 aromatic rings. The number of nitro groups is 1. The zero-order chi connectivity index (χ0) is 15.6. The van der Waals surface area contributed by atoms with Crippen molar-refractivity contribution >= 4 is 27.3 Å². The lowest BCUT2D eigenvalue weighted by Crippen LogP contribution is -2.23. The van der Waals surface area contributed by atoms with Crippen LogP contribution in [0.15, 0.2) is 29.6 Å². The van der Waals surface area contributed by atoms with Crippen molar-refractivity contribution in [3.05, 3.63) is 51.1 Å². The number of nitro benzene ring substituents is 1. The minimum Gasteiger partial charge on any atom is -0.347 e. The predicted molar refractivity (Wildman–Crippen MR) is 75.5 cm³/mol. The van der Waals surface area contributed by atoms with E-state index in [-0.39, 0.29) is 27.7 Å². The summed E-state index contributed by atoms with van der Waals surface area (Å²) in [5, 5.41) is 10.9. The first-order valence-corrected chi connectivity index (χ1v) is 7.59. The van der Waals surface area contributed by atoms with Crippen LogP contribution < -0.4 is 4.72 Å². The van der Waals surface area contributed by atoms with E-state index < -0.39 is 14.9 Å². The van der Waals surface area contributed by atoms with Gasteiger partial charge >= 0.3 is 0 Å². The average Bonchev–Trinajstić information content (AvgIpc) is 2.92. The van der Waals surface area contributed by atoms with E-state index in [1.54, 1.807) is 0 Å². The first kappa shape index (κ1) is 15.4. The van der Waals surface area contributed by atoms with Gasteiger partial charge in [0.2, 0.25) is 10.0 Å². The first-order valence-electron chi connectivity index (χ1n) is 5.72. The van der Waals surface area contributed by atoms with Crippen molar-refractivity contribution in [2.24, 2.45) is 0 Å². The monoisotopic (exact) mass is 330 g/mol. The number of aromatic nitrogens is 2. The highest BCUT2D eigenvalue weighted by Gasteiger charge is 2.22. The number of rotatable bonds is 5. The highest BCUT2D eigenvalue weighted by molar-refractivity contribution is 7.89. The standard InChI is InChI=1S/C11H11ClN4O4S/c1-7-10(12)2-9(3-11(7)16(17)18)21(19,20)15-5-8-4-13-6-14-8/h2-4,6,15H,5H2,1H3,(H,13,14). The molecule has 0 unspecified atom stereocenters. The number of aromatic amines is 1. The highest BCUT2D eigenvalue weighted by Crippen LogP contribution is 2.29. The fraction of sp³-hybridized carbons (Fsp3) is 0.182. The van der Waals surface area contributed by atoms with E-state index in [1.165, 1.54) is 25.5 Å². The third-order valence-corrected chi connectivity index (χ3v) is 4.58. The minimum absolute atomic E-state index is 0.0123. The van der Waals surface area contributed by atoms with Crippen LogP contribution in [0.1, 0.15) is 11.3 Å². The van der Waals surface area contributed by atoms with Gasteiger partial charge in [-0.05, 0) is 13.0 Å². The number of nitrogens with one attached hydrogen (secondary N) is 2. The van der Waals surface area contributed by atoms with Crippen molar-refractivity contribution in [1.82, 2.24) is 14.7 Å². The SMILES string of the molecule is Cc1c(Cl)cc(S(=O)(=O)NCc2cnc[nH]2)cc1[N+](=O)[O-]. The van der Waals surface area contributed by atoms with Crippen LogP contribution >= 0.6 is 11.6 Å². The molecule has 1 aromatic carbocycles. The van der Waals surface area contributed by atoms with Crippen LogP contribution in [0.3, 0.4) is 0 Å². The van der Waals surface area contributed by atoms with Crippen molar-refractivity contribution in [2.45, 2.75) is 18.4 Å². The molecular formula is C11H11ClN4O4S. The molecule has 10 heteroatoms. The molecule has 0 spiro atoms. The average molecular weight is 331 g/mol. The van der Waals surface area contributed by atoms with Crippen LogP contribution in [-0.4, -0.2) is 23.3 Å². The molecule has 0 aliphatic carbocycles. The molecule has 2 N–H and O–H groups in total. The fourth-order valence-corrected chi connectivity index (χ4v) is 2.95. The zero-order valence-corrected chi connectivity index (χ0v) is 12.4. The molecule has 0 bridgehead atoms. The third kappa shape index (κ3) is 3.38. The summed E-state index contributed by atoms with van der Waals surface area (Å²) in [6.45, 7) is 1.44. The van der Waals surface area contributed by atoms with E-state index in [4.69, 9.17) is 11.6 Å². The normalized spacial score (nSPS) is 11.5. The number of hydrogen-bond acceptors (Lipinski definition) is 5. The number of H-pyrrole nitrogens is 1. The van der Waals surface area contributed by atoms with Gasteiger partial charge in [0.15, 0.2) is 0 Å². The van der Waals surface area contributed by atoms with Gasteiger partial charge in [0.1, 0.15) is 0 Å². The van der Waals surface area contributed by atoms with Crippen molar-refractivity contribution in [3.8, 4) is 0 Å². The largest absolute Gasteiger partial charge is 0.347 e. The summed E-state index contributed by atoms with van der Waals surface area (Å²) in [7, 11) is -3.92. The minimum atomic E-state index is -3.92. The van der Waals surface area contributed by atoms with Crippen LogP contribution in [0.5, 0.6) is 0 Å². The van der Waals surface area contributed by atoms with Crippen molar-refractivity contribution < 1.29 is 13.3 Å². The van der Waals surface area contributed by atoms with Gasteiger partial charge in [-0.1, -0.05) is 11.6 Å². The Kier molecular flexibility index (Phi) is 4.26. The number of nitrogens with zero attached hydrogens (tertiary/aromatic N) is 2. The first-order chi connectivity index (χ1) is 9.81. The van der Waals surface area contributed by atoms with Crippen LogP contribution in [-0.2, 0) is 16.6 Å². The molecule has 0 atom stereocenters. The fourth-order valence-electron chi connectivity index (χ4n) is 1.62. The van der Waals surface area contributed by atoms with E-state index in [2.05, 4.69) is 14.7 Å². The summed E-state index contributed by atoms with van der Waals surface area (Å²) >= 11 is 5.86. The lowest BCUT2D eigenvalue weighted by molar-refractivity contribution is -0.385. The smallest absolute Gasteiger partial charge is 0.275 e. The molecule has 8 nitrogen and oxygen atoms in total. The maximum Gasteiger partial charge on any atom is 0.275 e.